The summed E-state index contributed by atoms with van der Waals surface area (Å²) in [6.07, 6.45) is -0.840. The molecule has 0 atom stereocenters. The number of benzene rings is 1. The average Bonchev–Trinajstić information content (AvgIpc) is 2.87. The van der Waals surface area contributed by atoms with Crippen LogP contribution in [0.25, 0.3) is 11.4 Å². The summed E-state index contributed by atoms with van der Waals surface area (Å²) in [4.78, 5) is 23.5. The van der Waals surface area contributed by atoms with Crippen LogP contribution in [0.15, 0.2) is 24.3 Å². The first kappa shape index (κ1) is 14.6. The van der Waals surface area contributed by atoms with Crippen LogP contribution in [0, 0.1) is 5.82 Å². The van der Waals surface area contributed by atoms with Gasteiger partial charge in [-0.3, -0.25) is 10.1 Å². The summed E-state index contributed by atoms with van der Waals surface area (Å²) in [6.45, 7) is 1.47. The monoisotopic (exact) mass is 293 g/mol. The van der Waals surface area contributed by atoms with Gasteiger partial charge in [-0.2, -0.15) is 4.80 Å². The molecule has 2 rings (SSSR count). The minimum absolute atomic E-state index is 0.157. The number of hydrogen-bond acceptors (Lipinski definition) is 6. The lowest BCUT2D eigenvalue weighted by molar-refractivity contribution is -0.121. The molecule has 8 nitrogen and oxygen atoms in total. The largest absolute Gasteiger partial charge is 0.450 e. The second-order valence-corrected chi connectivity index (χ2v) is 3.92. The van der Waals surface area contributed by atoms with Crippen molar-refractivity contribution in [3.8, 4) is 11.4 Å². The summed E-state index contributed by atoms with van der Waals surface area (Å²) >= 11 is 0. The van der Waals surface area contributed by atoms with Gasteiger partial charge in [0.15, 0.2) is 0 Å². The number of carbonyl (C=O) groups excluding carboxylic acids is 2. The molecular weight excluding hydrogens is 281 g/mol. The Hall–Kier alpha value is -2.84. The van der Waals surface area contributed by atoms with Crippen LogP contribution in [0.5, 0.6) is 0 Å². The van der Waals surface area contributed by atoms with Crippen LogP contribution in [0.3, 0.4) is 0 Å². The summed E-state index contributed by atoms with van der Waals surface area (Å²) in [7, 11) is 0. The lowest BCUT2D eigenvalue weighted by Gasteiger charge is -2.02. The first-order valence-electron chi connectivity index (χ1n) is 6.09. The number of halogens is 1. The molecule has 1 heterocycles. The van der Waals surface area contributed by atoms with Crippen molar-refractivity contribution in [2.45, 2.75) is 13.5 Å². The fourth-order valence-corrected chi connectivity index (χ4v) is 1.50. The van der Waals surface area contributed by atoms with Gasteiger partial charge in [0.25, 0.3) is 5.91 Å². The molecule has 0 unspecified atom stereocenters. The molecule has 0 saturated heterocycles. The maximum Gasteiger partial charge on any atom is 0.413 e. The fourth-order valence-electron chi connectivity index (χ4n) is 1.50. The van der Waals surface area contributed by atoms with Crippen LogP contribution < -0.4 is 5.32 Å². The molecule has 0 bridgehead atoms. The van der Waals surface area contributed by atoms with Gasteiger partial charge < -0.3 is 4.74 Å². The average molecular weight is 293 g/mol. The highest BCUT2D eigenvalue weighted by Gasteiger charge is 2.12. The highest BCUT2D eigenvalue weighted by molar-refractivity contribution is 5.91. The number of rotatable bonds is 4. The van der Waals surface area contributed by atoms with Gasteiger partial charge in [-0.15, -0.1) is 10.2 Å². The van der Waals surface area contributed by atoms with Crippen molar-refractivity contribution in [2.75, 3.05) is 6.61 Å². The van der Waals surface area contributed by atoms with E-state index in [2.05, 4.69) is 20.1 Å². The first-order valence-corrected chi connectivity index (χ1v) is 6.09. The lowest BCUT2D eigenvalue weighted by atomic mass is 10.2. The van der Waals surface area contributed by atoms with Gasteiger partial charge >= 0.3 is 6.09 Å². The van der Waals surface area contributed by atoms with Gasteiger partial charge in [-0.25, -0.2) is 9.18 Å². The predicted octanol–water partition coefficient (Wildman–Crippen LogP) is 0.752. The molecule has 0 aliphatic carbocycles. The topological polar surface area (TPSA) is 99.0 Å². The molecule has 0 spiro atoms. The number of amides is 2. The van der Waals surface area contributed by atoms with Crippen LogP contribution in [-0.4, -0.2) is 38.8 Å². The number of nitrogens with zero attached hydrogens (tertiary/aromatic N) is 4. The van der Waals surface area contributed by atoms with Crippen molar-refractivity contribution in [2.24, 2.45) is 0 Å². The van der Waals surface area contributed by atoms with Crippen molar-refractivity contribution < 1.29 is 18.7 Å². The molecule has 9 heteroatoms. The molecule has 110 valence electrons. The van der Waals surface area contributed by atoms with E-state index >= 15 is 0 Å². The Kier molecular flexibility index (Phi) is 4.54. The third-order valence-electron chi connectivity index (χ3n) is 2.34. The molecule has 2 amide bonds. The maximum absolute atomic E-state index is 13.1. The minimum atomic E-state index is -0.840. The van der Waals surface area contributed by atoms with Crippen LogP contribution >= 0.6 is 0 Å². The SMILES string of the molecule is CCOC(=O)NC(=O)Cn1nnc(-c2cccc(F)c2)n1. The van der Waals surface area contributed by atoms with E-state index in [0.717, 1.165) is 4.80 Å². The molecule has 21 heavy (non-hydrogen) atoms. The van der Waals surface area contributed by atoms with Gasteiger partial charge in [-0.05, 0) is 24.3 Å². The quantitative estimate of drug-likeness (QED) is 0.893. The number of aromatic nitrogens is 4. The molecule has 0 fully saturated rings. The number of alkyl carbamates (subject to hydrolysis) is 1. The Morgan fingerprint density at radius 2 is 2.24 bits per heavy atom. The predicted molar refractivity (Wildman–Crippen MR) is 68.4 cm³/mol. The van der Waals surface area contributed by atoms with Crippen LogP contribution in [0.1, 0.15) is 6.92 Å². The Morgan fingerprint density at radius 3 is 2.95 bits per heavy atom. The van der Waals surface area contributed by atoms with Crippen molar-refractivity contribution in [3.63, 3.8) is 0 Å². The highest BCUT2D eigenvalue weighted by Crippen LogP contribution is 2.14. The molecule has 0 aliphatic rings. The molecule has 1 aromatic heterocycles. The van der Waals surface area contributed by atoms with E-state index in [1.54, 1.807) is 13.0 Å². The van der Waals surface area contributed by atoms with E-state index in [9.17, 15) is 14.0 Å². The van der Waals surface area contributed by atoms with Gasteiger partial charge in [0.05, 0.1) is 6.61 Å². The van der Waals surface area contributed by atoms with E-state index in [4.69, 9.17) is 0 Å². The standard InChI is InChI=1S/C12H12FN5O3/c1-2-21-12(20)14-10(19)7-18-16-11(15-17-18)8-4-3-5-9(13)6-8/h3-6H,2,7H2,1H3,(H,14,19,20). The zero-order chi connectivity index (χ0) is 15.2. The highest BCUT2D eigenvalue weighted by atomic mass is 19.1. The summed E-state index contributed by atoms with van der Waals surface area (Å²) in [5.74, 6) is -0.890. The van der Waals surface area contributed by atoms with Crippen LogP contribution in [0.2, 0.25) is 0 Å². The van der Waals surface area contributed by atoms with Gasteiger partial charge in [0.2, 0.25) is 5.82 Å². The van der Waals surface area contributed by atoms with E-state index in [1.165, 1.54) is 18.2 Å². The smallest absolute Gasteiger partial charge is 0.413 e. The summed E-state index contributed by atoms with van der Waals surface area (Å²) < 4.78 is 17.6. The van der Waals surface area contributed by atoms with Crippen molar-refractivity contribution >= 4 is 12.0 Å². The third kappa shape index (κ3) is 4.06. The van der Waals surface area contributed by atoms with Crippen LogP contribution in [0.4, 0.5) is 9.18 Å². The maximum atomic E-state index is 13.1. The zero-order valence-electron chi connectivity index (χ0n) is 11.1. The zero-order valence-corrected chi connectivity index (χ0v) is 11.1. The lowest BCUT2D eigenvalue weighted by Crippen LogP contribution is -2.34. The number of tetrazole rings is 1. The Bertz CT molecular complexity index is 658. The van der Waals surface area contributed by atoms with Crippen molar-refractivity contribution in [1.82, 2.24) is 25.5 Å². The van der Waals surface area contributed by atoms with Crippen molar-refractivity contribution in [1.29, 1.82) is 0 Å². The van der Waals surface area contributed by atoms with E-state index < -0.39 is 17.8 Å². The molecule has 2 aromatic rings. The Morgan fingerprint density at radius 1 is 1.43 bits per heavy atom. The van der Waals surface area contributed by atoms with E-state index in [1.807, 2.05) is 5.32 Å². The normalized spacial score (nSPS) is 10.2. The molecule has 1 aromatic carbocycles. The second-order valence-electron chi connectivity index (χ2n) is 3.92. The molecular formula is C12H12FN5O3. The number of hydrogen-bond donors (Lipinski definition) is 1. The van der Waals surface area contributed by atoms with Crippen molar-refractivity contribution in [3.05, 3.63) is 30.1 Å². The number of ether oxygens (including phenoxy) is 1. The summed E-state index contributed by atoms with van der Waals surface area (Å²) in [5, 5.41) is 13.3. The van der Waals surface area contributed by atoms with E-state index in [0.29, 0.717) is 5.56 Å². The molecule has 0 aliphatic heterocycles. The van der Waals surface area contributed by atoms with E-state index in [-0.39, 0.29) is 19.0 Å². The van der Waals surface area contributed by atoms with Gasteiger partial charge in [-0.1, -0.05) is 12.1 Å². The Labute approximate surface area is 118 Å². The number of imide groups is 1. The molecule has 0 radical (unpaired) electrons. The summed E-state index contributed by atoms with van der Waals surface area (Å²) in [5.41, 5.74) is 0.437. The Balaban J connectivity index is 2.00. The van der Waals surface area contributed by atoms with Gasteiger partial charge in [0.1, 0.15) is 12.4 Å². The second kappa shape index (κ2) is 6.55. The number of nitrogens with one attached hydrogen (secondary N) is 1. The van der Waals surface area contributed by atoms with Gasteiger partial charge in [0, 0.05) is 5.56 Å². The molecule has 0 saturated carbocycles. The molecule has 1 N–H and O–H groups in total. The third-order valence-corrected chi connectivity index (χ3v) is 2.34. The summed E-state index contributed by atoms with van der Waals surface area (Å²) in [6, 6.07) is 5.67. The first-order chi connectivity index (χ1) is 10.1. The minimum Gasteiger partial charge on any atom is -0.450 e. The van der Waals surface area contributed by atoms with Crippen LogP contribution in [-0.2, 0) is 16.1 Å². The number of carbonyl (C=O) groups is 2. The fraction of sp³-hybridized carbons (Fsp3) is 0.250.